The quantitative estimate of drug-likeness (QED) is 0.704. The maximum Gasteiger partial charge on any atom is 0.0721 e. The Morgan fingerprint density at radius 3 is 1.37 bits per heavy atom. The Morgan fingerprint density at radius 2 is 1.05 bits per heavy atom. The second kappa shape index (κ2) is 7.63. The SMILES string of the molecule is CSc1ccc(COCc2ccc(SC)cc2)cc1. The van der Waals surface area contributed by atoms with Crippen LogP contribution >= 0.6 is 23.5 Å². The Balaban J connectivity index is 1.81. The highest BCUT2D eigenvalue weighted by Gasteiger charge is 1.97. The highest BCUT2D eigenvalue weighted by molar-refractivity contribution is 7.98. The predicted octanol–water partition coefficient (Wildman–Crippen LogP) is 4.85. The first-order valence-corrected chi connectivity index (χ1v) is 8.60. The highest BCUT2D eigenvalue weighted by Crippen LogP contribution is 2.17. The lowest BCUT2D eigenvalue weighted by Crippen LogP contribution is -1.94. The van der Waals surface area contributed by atoms with Crippen molar-refractivity contribution in [3.63, 3.8) is 0 Å². The summed E-state index contributed by atoms with van der Waals surface area (Å²) in [7, 11) is 0. The zero-order valence-corrected chi connectivity index (χ0v) is 12.9. The van der Waals surface area contributed by atoms with Crippen molar-refractivity contribution in [2.45, 2.75) is 23.0 Å². The molecule has 0 aromatic heterocycles. The van der Waals surface area contributed by atoms with Crippen molar-refractivity contribution >= 4 is 23.5 Å². The van der Waals surface area contributed by atoms with Gasteiger partial charge in [-0.25, -0.2) is 0 Å². The van der Waals surface area contributed by atoms with Gasteiger partial charge in [0.05, 0.1) is 13.2 Å². The van der Waals surface area contributed by atoms with Crippen molar-refractivity contribution in [2.75, 3.05) is 12.5 Å². The van der Waals surface area contributed by atoms with E-state index in [9.17, 15) is 0 Å². The van der Waals surface area contributed by atoms with Gasteiger partial charge in [0.2, 0.25) is 0 Å². The minimum atomic E-state index is 0.666. The van der Waals surface area contributed by atoms with Gasteiger partial charge >= 0.3 is 0 Å². The maximum absolute atomic E-state index is 5.74. The molecule has 0 radical (unpaired) electrons. The summed E-state index contributed by atoms with van der Waals surface area (Å²) in [6.45, 7) is 1.33. The van der Waals surface area contributed by atoms with E-state index in [1.54, 1.807) is 23.5 Å². The molecule has 2 aromatic rings. The monoisotopic (exact) mass is 290 g/mol. The number of thioether (sulfide) groups is 2. The summed E-state index contributed by atoms with van der Waals surface area (Å²) in [5.74, 6) is 0. The fraction of sp³-hybridized carbons (Fsp3) is 0.250. The molecule has 100 valence electrons. The molecule has 0 aliphatic rings. The minimum absolute atomic E-state index is 0.666. The first kappa shape index (κ1) is 14.5. The summed E-state index contributed by atoms with van der Waals surface area (Å²) in [6, 6.07) is 17.1. The number of benzene rings is 2. The van der Waals surface area contributed by atoms with Gasteiger partial charge in [-0.15, -0.1) is 23.5 Å². The van der Waals surface area contributed by atoms with Crippen LogP contribution in [0.2, 0.25) is 0 Å². The van der Waals surface area contributed by atoms with Crippen LogP contribution in [0.1, 0.15) is 11.1 Å². The summed E-state index contributed by atoms with van der Waals surface area (Å²) in [6.07, 6.45) is 4.17. The second-order valence-electron chi connectivity index (χ2n) is 4.19. The molecule has 0 saturated heterocycles. The molecule has 3 heteroatoms. The van der Waals surface area contributed by atoms with Crippen LogP contribution in [0.3, 0.4) is 0 Å². The van der Waals surface area contributed by atoms with Crippen LogP contribution in [0.5, 0.6) is 0 Å². The topological polar surface area (TPSA) is 9.23 Å². The summed E-state index contributed by atoms with van der Waals surface area (Å²) < 4.78 is 5.74. The Labute approximate surface area is 123 Å². The third-order valence-electron chi connectivity index (χ3n) is 2.86. The van der Waals surface area contributed by atoms with Crippen LogP contribution in [0.15, 0.2) is 58.3 Å². The fourth-order valence-electron chi connectivity index (χ4n) is 1.73. The van der Waals surface area contributed by atoms with E-state index in [1.807, 2.05) is 0 Å². The van der Waals surface area contributed by atoms with Gasteiger partial charge in [0.1, 0.15) is 0 Å². The molecule has 0 saturated carbocycles. The van der Waals surface area contributed by atoms with Gasteiger partial charge in [0.25, 0.3) is 0 Å². The van der Waals surface area contributed by atoms with E-state index in [0.717, 1.165) is 0 Å². The molecule has 0 aliphatic heterocycles. The molecule has 19 heavy (non-hydrogen) atoms. The van der Waals surface area contributed by atoms with Crippen LogP contribution in [-0.4, -0.2) is 12.5 Å². The molecule has 0 bridgehead atoms. The van der Waals surface area contributed by atoms with Crippen molar-refractivity contribution in [3.05, 3.63) is 59.7 Å². The molecular weight excluding hydrogens is 272 g/mol. The van der Waals surface area contributed by atoms with E-state index in [-0.39, 0.29) is 0 Å². The smallest absolute Gasteiger partial charge is 0.0721 e. The van der Waals surface area contributed by atoms with E-state index < -0.39 is 0 Å². The first-order valence-electron chi connectivity index (χ1n) is 6.15. The van der Waals surface area contributed by atoms with E-state index in [4.69, 9.17) is 4.74 Å². The summed E-state index contributed by atoms with van der Waals surface area (Å²) >= 11 is 3.52. The third kappa shape index (κ3) is 4.60. The van der Waals surface area contributed by atoms with E-state index in [0.29, 0.717) is 13.2 Å². The molecular formula is C16H18OS2. The molecule has 2 aromatic carbocycles. The van der Waals surface area contributed by atoms with Crippen LogP contribution in [-0.2, 0) is 18.0 Å². The van der Waals surface area contributed by atoms with E-state index in [1.165, 1.54) is 20.9 Å². The Hall–Kier alpha value is -0.900. The predicted molar refractivity (Wildman–Crippen MR) is 84.9 cm³/mol. The van der Waals surface area contributed by atoms with Crippen LogP contribution < -0.4 is 0 Å². The van der Waals surface area contributed by atoms with Gasteiger partial charge in [-0.05, 0) is 47.9 Å². The Morgan fingerprint density at radius 1 is 0.684 bits per heavy atom. The van der Waals surface area contributed by atoms with Gasteiger partial charge in [0.15, 0.2) is 0 Å². The average Bonchev–Trinajstić information content (AvgIpc) is 2.49. The van der Waals surface area contributed by atoms with Gasteiger partial charge in [0, 0.05) is 9.79 Å². The molecule has 0 atom stereocenters. The van der Waals surface area contributed by atoms with Gasteiger partial charge in [-0.1, -0.05) is 24.3 Å². The lowest BCUT2D eigenvalue weighted by atomic mass is 10.2. The van der Waals surface area contributed by atoms with Crippen molar-refractivity contribution in [1.29, 1.82) is 0 Å². The first-order chi connectivity index (χ1) is 9.31. The fourth-order valence-corrected chi connectivity index (χ4v) is 2.55. The number of ether oxygens (including phenoxy) is 1. The number of hydrogen-bond donors (Lipinski definition) is 0. The lowest BCUT2D eigenvalue weighted by Gasteiger charge is -2.06. The summed E-state index contributed by atoms with van der Waals surface area (Å²) in [5.41, 5.74) is 2.44. The standard InChI is InChI=1S/C16H18OS2/c1-18-15-7-3-13(4-8-15)11-17-12-14-5-9-16(19-2)10-6-14/h3-10H,11-12H2,1-2H3. The summed E-state index contributed by atoms with van der Waals surface area (Å²) in [5, 5.41) is 0. The van der Waals surface area contributed by atoms with E-state index >= 15 is 0 Å². The average molecular weight is 290 g/mol. The van der Waals surface area contributed by atoms with Crippen molar-refractivity contribution in [3.8, 4) is 0 Å². The highest BCUT2D eigenvalue weighted by atomic mass is 32.2. The van der Waals surface area contributed by atoms with Crippen molar-refractivity contribution in [1.82, 2.24) is 0 Å². The maximum atomic E-state index is 5.74. The molecule has 0 amide bonds. The normalized spacial score (nSPS) is 10.6. The summed E-state index contributed by atoms with van der Waals surface area (Å²) in [4.78, 5) is 2.58. The zero-order chi connectivity index (χ0) is 13.5. The number of rotatable bonds is 6. The molecule has 0 unspecified atom stereocenters. The molecule has 0 heterocycles. The van der Waals surface area contributed by atoms with Gasteiger partial charge in [-0.3, -0.25) is 0 Å². The molecule has 0 aliphatic carbocycles. The van der Waals surface area contributed by atoms with Gasteiger partial charge in [-0.2, -0.15) is 0 Å². The minimum Gasteiger partial charge on any atom is -0.372 e. The van der Waals surface area contributed by atoms with Crippen molar-refractivity contribution in [2.24, 2.45) is 0 Å². The van der Waals surface area contributed by atoms with Crippen molar-refractivity contribution < 1.29 is 4.74 Å². The molecule has 0 N–H and O–H groups in total. The Bertz CT molecular complexity index is 444. The van der Waals surface area contributed by atoms with Gasteiger partial charge < -0.3 is 4.74 Å². The van der Waals surface area contributed by atoms with E-state index in [2.05, 4.69) is 61.0 Å². The second-order valence-corrected chi connectivity index (χ2v) is 5.95. The Kier molecular flexibility index (Phi) is 5.83. The zero-order valence-electron chi connectivity index (χ0n) is 11.3. The number of hydrogen-bond acceptors (Lipinski definition) is 3. The molecule has 0 fully saturated rings. The largest absolute Gasteiger partial charge is 0.372 e. The van der Waals surface area contributed by atoms with Crippen LogP contribution in [0, 0.1) is 0 Å². The lowest BCUT2D eigenvalue weighted by molar-refractivity contribution is 0.107. The molecule has 0 spiro atoms. The molecule has 2 rings (SSSR count). The third-order valence-corrected chi connectivity index (χ3v) is 4.34. The van der Waals surface area contributed by atoms with Crippen LogP contribution in [0.4, 0.5) is 0 Å². The van der Waals surface area contributed by atoms with Crippen LogP contribution in [0.25, 0.3) is 0 Å². The molecule has 1 nitrogen and oxygen atoms in total.